The second kappa shape index (κ2) is 5.54. The third-order valence-electron chi connectivity index (χ3n) is 3.90. The molecule has 1 saturated heterocycles. The molecule has 2 nitrogen and oxygen atoms in total. The van der Waals surface area contributed by atoms with Gasteiger partial charge in [-0.2, -0.15) is 0 Å². The summed E-state index contributed by atoms with van der Waals surface area (Å²) in [5.74, 6) is 0. The van der Waals surface area contributed by atoms with Gasteiger partial charge in [-0.3, -0.25) is 0 Å². The van der Waals surface area contributed by atoms with Gasteiger partial charge in [0.15, 0.2) is 0 Å². The summed E-state index contributed by atoms with van der Waals surface area (Å²) < 4.78 is 0. The Morgan fingerprint density at radius 3 is 2.59 bits per heavy atom. The van der Waals surface area contributed by atoms with Gasteiger partial charge in [-0.1, -0.05) is 19.1 Å². The molecule has 1 aromatic carbocycles. The molecule has 0 aromatic heterocycles. The Kier molecular flexibility index (Phi) is 4.06. The van der Waals surface area contributed by atoms with Crippen LogP contribution in [-0.4, -0.2) is 12.6 Å². The van der Waals surface area contributed by atoms with Crippen LogP contribution in [0.15, 0.2) is 24.3 Å². The van der Waals surface area contributed by atoms with Gasteiger partial charge in [-0.15, -0.1) is 0 Å². The predicted molar refractivity (Wildman–Crippen MR) is 74.3 cm³/mol. The number of rotatable bonds is 3. The van der Waals surface area contributed by atoms with Gasteiger partial charge in [0.25, 0.3) is 0 Å². The van der Waals surface area contributed by atoms with Crippen LogP contribution in [-0.2, 0) is 0 Å². The molecule has 1 fully saturated rings. The Bertz CT molecular complexity index is 344. The molecule has 0 amide bonds. The highest BCUT2D eigenvalue weighted by Crippen LogP contribution is 2.26. The van der Waals surface area contributed by atoms with Crippen molar-refractivity contribution in [2.45, 2.75) is 51.6 Å². The maximum atomic E-state index is 6.04. The lowest BCUT2D eigenvalue weighted by Gasteiger charge is -2.35. The Morgan fingerprint density at radius 1 is 1.29 bits per heavy atom. The van der Waals surface area contributed by atoms with Crippen molar-refractivity contribution in [1.82, 2.24) is 0 Å². The molecule has 2 rings (SSSR count). The predicted octanol–water partition coefficient (Wildman–Crippen LogP) is 3.48. The quantitative estimate of drug-likeness (QED) is 0.864. The second-order valence-corrected chi connectivity index (χ2v) is 5.14. The second-order valence-electron chi connectivity index (χ2n) is 5.14. The Balaban J connectivity index is 2.11. The maximum absolute atomic E-state index is 6.04. The van der Waals surface area contributed by atoms with Crippen molar-refractivity contribution in [3.05, 3.63) is 29.8 Å². The third kappa shape index (κ3) is 2.81. The van der Waals surface area contributed by atoms with Crippen LogP contribution < -0.4 is 10.6 Å². The van der Waals surface area contributed by atoms with Crippen LogP contribution in [0.25, 0.3) is 0 Å². The summed E-state index contributed by atoms with van der Waals surface area (Å²) in [5.41, 5.74) is 8.64. The third-order valence-corrected chi connectivity index (χ3v) is 3.90. The molecule has 0 aliphatic carbocycles. The van der Waals surface area contributed by atoms with Gasteiger partial charge in [-0.05, 0) is 50.3 Å². The molecular weight excluding hydrogens is 208 g/mol. The summed E-state index contributed by atoms with van der Waals surface area (Å²) >= 11 is 0. The lowest BCUT2D eigenvalue weighted by atomic mass is 10.0. The van der Waals surface area contributed by atoms with Crippen LogP contribution in [0.3, 0.4) is 0 Å². The van der Waals surface area contributed by atoms with Crippen LogP contribution in [0, 0.1) is 0 Å². The number of piperidine rings is 1. The Morgan fingerprint density at radius 2 is 2.00 bits per heavy atom. The lowest BCUT2D eigenvalue weighted by molar-refractivity contribution is 0.485. The minimum atomic E-state index is 0.183. The van der Waals surface area contributed by atoms with Crippen molar-refractivity contribution in [2.24, 2.45) is 5.73 Å². The normalized spacial score (nSPS) is 22.5. The van der Waals surface area contributed by atoms with Crippen molar-refractivity contribution in [2.75, 3.05) is 11.4 Å². The van der Waals surface area contributed by atoms with Gasteiger partial charge in [0, 0.05) is 24.3 Å². The van der Waals surface area contributed by atoms with E-state index in [1.807, 2.05) is 0 Å². The fraction of sp³-hybridized carbons (Fsp3) is 0.600. The molecular formula is C15H24N2. The Labute approximate surface area is 105 Å². The van der Waals surface area contributed by atoms with E-state index >= 15 is 0 Å². The zero-order chi connectivity index (χ0) is 12.3. The van der Waals surface area contributed by atoms with Crippen LogP contribution in [0.4, 0.5) is 5.69 Å². The van der Waals surface area contributed by atoms with Crippen molar-refractivity contribution >= 4 is 5.69 Å². The van der Waals surface area contributed by atoms with Gasteiger partial charge >= 0.3 is 0 Å². The van der Waals surface area contributed by atoms with Crippen molar-refractivity contribution in [3.8, 4) is 0 Å². The summed E-state index contributed by atoms with van der Waals surface area (Å²) in [6, 6.07) is 9.69. The van der Waals surface area contributed by atoms with E-state index < -0.39 is 0 Å². The molecule has 1 aromatic rings. The van der Waals surface area contributed by atoms with Crippen molar-refractivity contribution in [1.29, 1.82) is 0 Å². The summed E-state index contributed by atoms with van der Waals surface area (Å²) in [6.07, 6.45) is 5.01. The monoisotopic (exact) mass is 232 g/mol. The molecule has 2 N–H and O–H groups in total. The van der Waals surface area contributed by atoms with E-state index in [2.05, 4.69) is 43.0 Å². The topological polar surface area (TPSA) is 29.3 Å². The first-order valence-corrected chi connectivity index (χ1v) is 6.84. The summed E-state index contributed by atoms with van der Waals surface area (Å²) in [6.45, 7) is 5.65. The molecule has 0 radical (unpaired) electrons. The fourth-order valence-electron chi connectivity index (χ4n) is 2.63. The van der Waals surface area contributed by atoms with Gasteiger partial charge in [-0.25, -0.2) is 0 Å². The highest BCUT2D eigenvalue weighted by Gasteiger charge is 2.18. The van der Waals surface area contributed by atoms with Gasteiger partial charge in [0.05, 0.1) is 0 Å². The van der Waals surface area contributed by atoms with Gasteiger partial charge in [0.2, 0.25) is 0 Å². The van der Waals surface area contributed by atoms with E-state index in [-0.39, 0.29) is 6.04 Å². The molecule has 1 aliphatic rings. The van der Waals surface area contributed by atoms with Crippen molar-refractivity contribution < 1.29 is 0 Å². The van der Waals surface area contributed by atoms with E-state index in [1.54, 1.807) is 0 Å². The molecule has 1 unspecified atom stereocenters. The SMILES string of the molecule is CC[C@H](N)c1ccc(N2CCCCC2C)cc1. The summed E-state index contributed by atoms with van der Waals surface area (Å²) in [5, 5.41) is 0. The maximum Gasteiger partial charge on any atom is 0.0368 e. The van der Waals surface area contributed by atoms with Crippen LogP contribution >= 0.6 is 0 Å². The Hall–Kier alpha value is -1.02. The van der Waals surface area contributed by atoms with E-state index in [1.165, 1.54) is 37.1 Å². The number of nitrogens with two attached hydrogens (primary N) is 1. The number of hydrogen-bond acceptors (Lipinski definition) is 2. The smallest absolute Gasteiger partial charge is 0.0368 e. The molecule has 17 heavy (non-hydrogen) atoms. The van der Waals surface area contributed by atoms with Crippen LogP contribution in [0.5, 0.6) is 0 Å². The van der Waals surface area contributed by atoms with Crippen LogP contribution in [0.2, 0.25) is 0 Å². The number of benzene rings is 1. The number of nitrogens with zero attached hydrogens (tertiary/aromatic N) is 1. The van der Waals surface area contributed by atoms with E-state index in [0.29, 0.717) is 6.04 Å². The first kappa shape index (κ1) is 12.4. The molecule has 0 bridgehead atoms. The van der Waals surface area contributed by atoms with Gasteiger partial charge in [0.1, 0.15) is 0 Å². The molecule has 0 spiro atoms. The van der Waals surface area contributed by atoms with Crippen LogP contribution in [0.1, 0.15) is 51.1 Å². The minimum Gasteiger partial charge on any atom is -0.369 e. The molecule has 1 heterocycles. The average Bonchev–Trinajstić information content (AvgIpc) is 2.39. The first-order valence-electron chi connectivity index (χ1n) is 6.84. The number of anilines is 1. The summed E-state index contributed by atoms with van der Waals surface area (Å²) in [4.78, 5) is 2.52. The molecule has 94 valence electrons. The van der Waals surface area contributed by atoms with E-state index in [4.69, 9.17) is 5.73 Å². The molecule has 2 atom stereocenters. The van der Waals surface area contributed by atoms with Crippen molar-refractivity contribution in [3.63, 3.8) is 0 Å². The highest BCUT2D eigenvalue weighted by atomic mass is 15.2. The standard InChI is InChI=1S/C15H24N2/c1-3-15(16)13-7-9-14(10-8-13)17-11-5-4-6-12(17)2/h7-10,12,15H,3-6,11,16H2,1-2H3/t12?,15-/m0/s1. The fourth-order valence-corrected chi connectivity index (χ4v) is 2.63. The van der Waals surface area contributed by atoms with E-state index in [0.717, 1.165) is 6.42 Å². The number of hydrogen-bond donors (Lipinski definition) is 1. The highest BCUT2D eigenvalue weighted by molar-refractivity contribution is 5.49. The lowest BCUT2D eigenvalue weighted by Crippen LogP contribution is -2.37. The average molecular weight is 232 g/mol. The molecule has 2 heteroatoms. The summed E-state index contributed by atoms with van der Waals surface area (Å²) in [7, 11) is 0. The van der Waals surface area contributed by atoms with E-state index in [9.17, 15) is 0 Å². The zero-order valence-electron chi connectivity index (χ0n) is 11.0. The minimum absolute atomic E-state index is 0.183. The van der Waals surface area contributed by atoms with Gasteiger partial charge < -0.3 is 10.6 Å². The molecule has 0 saturated carbocycles. The zero-order valence-corrected chi connectivity index (χ0v) is 11.0. The first-order chi connectivity index (χ1) is 8.22. The largest absolute Gasteiger partial charge is 0.369 e. The molecule has 1 aliphatic heterocycles.